The van der Waals surface area contributed by atoms with Gasteiger partial charge in [0.15, 0.2) is 11.6 Å². The number of rotatable bonds is 2. The zero-order valence-corrected chi connectivity index (χ0v) is 8.95. The largest absolute Gasteiger partial charge is 0.313 e. The second-order valence-corrected chi connectivity index (χ2v) is 3.65. The Balaban J connectivity index is 3.15. The molecule has 1 N–H and O–H groups in total. The summed E-state index contributed by atoms with van der Waals surface area (Å²) in [6.45, 7) is 1.87. The van der Waals surface area contributed by atoms with E-state index >= 15 is 0 Å². The number of halogens is 3. The average molecular weight is 250 g/mol. The van der Waals surface area contributed by atoms with E-state index in [9.17, 15) is 8.78 Å². The summed E-state index contributed by atoms with van der Waals surface area (Å²) >= 11 is 3.18. The van der Waals surface area contributed by atoms with E-state index in [0.717, 1.165) is 6.07 Å². The van der Waals surface area contributed by atoms with Crippen LogP contribution in [-0.4, -0.2) is 7.05 Å². The van der Waals surface area contributed by atoms with Crippen molar-refractivity contribution in [1.29, 1.82) is 0 Å². The number of hydrogen-bond acceptors (Lipinski definition) is 1. The summed E-state index contributed by atoms with van der Waals surface area (Å²) in [5.41, 5.74) is 0.710. The molecule has 0 heterocycles. The van der Waals surface area contributed by atoms with E-state index in [1.165, 1.54) is 6.07 Å². The highest BCUT2D eigenvalue weighted by atomic mass is 79.9. The second kappa shape index (κ2) is 4.15. The highest BCUT2D eigenvalue weighted by Crippen LogP contribution is 2.25. The molecule has 72 valence electrons. The van der Waals surface area contributed by atoms with Crippen LogP contribution < -0.4 is 5.32 Å². The minimum atomic E-state index is -0.834. The molecule has 0 saturated carbocycles. The number of hydrogen-bond donors (Lipinski definition) is 1. The average Bonchev–Trinajstić information content (AvgIpc) is 2.10. The molecule has 0 unspecified atom stereocenters. The Labute approximate surface area is 84.3 Å². The minimum Gasteiger partial charge on any atom is -0.313 e. The van der Waals surface area contributed by atoms with Crippen LogP contribution in [0.1, 0.15) is 18.5 Å². The molecule has 0 radical (unpaired) electrons. The fraction of sp³-hybridized carbons (Fsp3) is 0.333. The fourth-order valence-electron chi connectivity index (χ4n) is 1.03. The first kappa shape index (κ1) is 10.6. The van der Waals surface area contributed by atoms with Crippen LogP contribution in [0, 0.1) is 11.6 Å². The maximum atomic E-state index is 12.8. The van der Waals surface area contributed by atoms with Crippen molar-refractivity contribution in [1.82, 2.24) is 5.32 Å². The SMILES string of the molecule is CN[C@H](C)c1cc(F)c(F)cc1Br. The molecule has 13 heavy (non-hydrogen) atoms. The summed E-state index contributed by atoms with van der Waals surface area (Å²) in [7, 11) is 1.76. The minimum absolute atomic E-state index is 0.00975. The maximum Gasteiger partial charge on any atom is 0.159 e. The van der Waals surface area contributed by atoms with Crippen LogP contribution in [0.3, 0.4) is 0 Å². The Morgan fingerprint density at radius 3 is 2.38 bits per heavy atom. The molecule has 1 aromatic rings. The van der Waals surface area contributed by atoms with Gasteiger partial charge in [0.05, 0.1) is 0 Å². The van der Waals surface area contributed by atoms with Gasteiger partial charge in [-0.3, -0.25) is 0 Å². The first-order valence-corrected chi connectivity index (χ1v) is 4.67. The summed E-state index contributed by atoms with van der Waals surface area (Å²) in [4.78, 5) is 0. The summed E-state index contributed by atoms with van der Waals surface area (Å²) in [5.74, 6) is -1.65. The molecule has 0 amide bonds. The lowest BCUT2D eigenvalue weighted by Crippen LogP contribution is -2.13. The zero-order chi connectivity index (χ0) is 10.0. The van der Waals surface area contributed by atoms with E-state index in [-0.39, 0.29) is 6.04 Å². The Morgan fingerprint density at radius 1 is 1.31 bits per heavy atom. The first-order valence-electron chi connectivity index (χ1n) is 3.88. The van der Waals surface area contributed by atoms with Crippen LogP contribution in [-0.2, 0) is 0 Å². The van der Waals surface area contributed by atoms with Crippen molar-refractivity contribution in [3.05, 3.63) is 33.8 Å². The molecule has 0 aromatic heterocycles. The van der Waals surface area contributed by atoms with Crippen LogP contribution in [0.15, 0.2) is 16.6 Å². The van der Waals surface area contributed by atoms with Crippen molar-refractivity contribution in [2.24, 2.45) is 0 Å². The van der Waals surface area contributed by atoms with E-state index in [1.54, 1.807) is 7.05 Å². The molecule has 0 bridgehead atoms. The van der Waals surface area contributed by atoms with Gasteiger partial charge in [-0.1, -0.05) is 15.9 Å². The van der Waals surface area contributed by atoms with E-state index in [0.29, 0.717) is 10.0 Å². The van der Waals surface area contributed by atoms with Crippen molar-refractivity contribution in [2.45, 2.75) is 13.0 Å². The fourth-order valence-corrected chi connectivity index (χ4v) is 1.68. The summed E-state index contributed by atoms with van der Waals surface area (Å²) < 4.78 is 26.1. The van der Waals surface area contributed by atoms with E-state index in [4.69, 9.17) is 0 Å². The van der Waals surface area contributed by atoms with Crippen molar-refractivity contribution in [3.63, 3.8) is 0 Å². The molecule has 1 atom stereocenters. The number of nitrogens with one attached hydrogen (secondary N) is 1. The standard InChI is InChI=1S/C9H10BrF2N/c1-5(13-2)6-3-8(11)9(12)4-7(6)10/h3-5,13H,1-2H3/t5-/m1/s1. The van der Waals surface area contributed by atoms with Crippen molar-refractivity contribution < 1.29 is 8.78 Å². The van der Waals surface area contributed by atoms with Gasteiger partial charge in [-0.2, -0.15) is 0 Å². The maximum absolute atomic E-state index is 12.8. The second-order valence-electron chi connectivity index (χ2n) is 2.80. The molecule has 1 nitrogen and oxygen atoms in total. The molecule has 0 spiro atoms. The normalized spacial score (nSPS) is 13.0. The topological polar surface area (TPSA) is 12.0 Å². The van der Waals surface area contributed by atoms with Gasteiger partial charge in [-0.05, 0) is 31.7 Å². The van der Waals surface area contributed by atoms with Gasteiger partial charge in [0.25, 0.3) is 0 Å². The third-order valence-electron chi connectivity index (χ3n) is 1.94. The smallest absolute Gasteiger partial charge is 0.159 e. The Kier molecular flexibility index (Phi) is 3.39. The molecule has 0 saturated heterocycles. The lowest BCUT2D eigenvalue weighted by molar-refractivity contribution is 0.502. The number of benzene rings is 1. The molecule has 0 aliphatic carbocycles. The first-order chi connectivity index (χ1) is 6.06. The van der Waals surface area contributed by atoms with Gasteiger partial charge >= 0.3 is 0 Å². The van der Waals surface area contributed by atoms with Crippen molar-refractivity contribution in [3.8, 4) is 0 Å². The molecule has 0 fully saturated rings. The molecular formula is C9H10BrF2N. The molecule has 0 aliphatic heterocycles. The van der Waals surface area contributed by atoms with Gasteiger partial charge in [0.1, 0.15) is 0 Å². The van der Waals surface area contributed by atoms with Crippen LogP contribution in [0.2, 0.25) is 0 Å². The van der Waals surface area contributed by atoms with Crippen LogP contribution in [0.5, 0.6) is 0 Å². The predicted molar refractivity (Wildman–Crippen MR) is 51.5 cm³/mol. The Morgan fingerprint density at radius 2 is 1.85 bits per heavy atom. The van der Waals surface area contributed by atoms with Gasteiger partial charge < -0.3 is 5.32 Å². The summed E-state index contributed by atoms with van der Waals surface area (Å²) in [6, 6.07) is 2.32. The van der Waals surface area contributed by atoms with E-state index in [1.807, 2.05) is 6.92 Å². The van der Waals surface area contributed by atoms with E-state index < -0.39 is 11.6 Å². The lowest BCUT2D eigenvalue weighted by atomic mass is 10.1. The van der Waals surface area contributed by atoms with Gasteiger partial charge in [-0.15, -0.1) is 0 Å². The third kappa shape index (κ3) is 2.25. The van der Waals surface area contributed by atoms with Gasteiger partial charge in [0.2, 0.25) is 0 Å². The van der Waals surface area contributed by atoms with Gasteiger partial charge in [0, 0.05) is 10.5 Å². The van der Waals surface area contributed by atoms with Crippen LogP contribution in [0.4, 0.5) is 8.78 Å². The predicted octanol–water partition coefficient (Wildman–Crippen LogP) is 3.01. The molecule has 4 heteroatoms. The van der Waals surface area contributed by atoms with Crippen molar-refractivity contribution >= 4 is 15.9 Å². The molecule has 0 aliphatic rings. The molecular weight excluding hydrogens is 240 g/mol. The van der Waals surface area contributed by atoms with Gasteiger partial charge in [-0.25, -0.2) is 8.78 Å². The van der Waals surface area contributed by atoms with Crippen LogP contribution in [0.25, 0.3) is 0 Å². The highest BCUT2D eigenvalue weighted by Gasteiger charge is 2.11. The third-order valence-corrected chi connectivity index (χ3v) is 2.63. The molecule has 1 rings (SSSR count). The van der Waals surface area contributed by atoms with Crippen molar-refractivity contribution in [2.75, 3.05) is 7.05 Å². The zero-order valence-electron chi connectivity index (χ0n) is 7.37. The summed E-state index contributed by atoms with van der Waals surface area (Å²) in [6.07, 6.45) is 0. The highest BCUT2D eigenvalue weighted by molar-refractivity contribution is 9.10. The van der Waals surface area contributed by atoms with Crippen LogP contribution >= 0.6 is 15.9 Å². The monoisotopic (exact) mass is 249 g/mol. The quantitative estimate of drug-likeness (QED) is 0.795. The Hall–Kier alpha value is -0.480. The summed E-state index contributed by atoms with van der Waals surface area (Å²) in [5, 5.41) is 2.95. The lowest BCUT2D eigenvalue weighted by Gasteiger charge is -2.12. The van der Waals surface area contributed by atoms with E-state index in [2.05, 4.69) is 21.2 Å². The molecule has 1 aromatic carbocycles. The Bertz CT molecular complexity index is 315.